The Kier molecular flexibility index (Phi) is 3.40. The SMILES string of the molecule is FC(F)(F)c1cnc(C2=CCNCC2)c(Cl)c1. The molecular formula is C11H10ClF3N2. The molecule has 92 valence electrons. The summed E-state index contributed by atoms with van der Waals surface area (Å²) in [6.07, 6.45) is -0.967. The van der Waals surface area contributed by atoms with Crippen molar-refractivity contribution in [2.24, 2.45) is 0 Å². The molecule has 1 aliphatic rings. The number of rotatable bonds is 1. The van der Waals surface area contributed by atoms with Crippen LogP contribution in [-0.4, -0.2) is 18.1 Å². The molecule has 1 aromatic heterocycles. The molecule has 1 aromatic rings. The number of alkyl halides is 3. The lowest BCUT2D eigenvalue weighted by atomic mass is 10.0. The third kappa shape index (κ3) is 2.79. The Morgan fingerprint density at radius 1 is 1.35 bits per heavy atom. The highest BCUT2D eigenvalue weighted by molar-refractivity contribution is 6.32. The van der Waals surface area contributed by atoms with Gasteiger partial charge in [-0.2, -0.15) is 13.2 Å². The number of hydrogen-bond acceptors (Lipinski definition) is 2. The number of halogens is 4. The molecule has 0 amide bonds. The van der Waals surface area contributed by atoms with Gasteiger partial charge in [-0.3, -0.25) is 4.98 Å². The second-order valence-electron chi connectivity index (χ2n) is 3.74. The molecule has 1 aliphatic heterocycles. The molecule has 0 aliphatic carbocycles. The first-order valence-electron chi connectivity index (χ1n) is 5.11. The average molecular weight is 263 g/mol. The topological polar surface area (TPSA) is 24.9 Å². The first-order valence-corrected chi connectivity index (χ1v) is 5.49. The van der Waals surface area contributed by atoms with Crippen molar-refractivity contribution in [3.05, 3.63) is 34.6 Å². The van der Waals surface area contributed by atoms with E-state index in [-0.39, 0.29) is 5.02 Å². The number of aromatic nitrogens is 1. The van der Waals surface area contributed by atoms with E-state index in [4.69, 9.17) is 11.6 Å². The van der Waals surface area contributed by atoms with Crippen molar-refractivity contribution < 1.29 is 13.2 Å². The molecule has 0 saturated heterocycles. The van der Waals surface area contributed by atoms with E-state index >= 15 is 0 Å². The van der Waals surface area contributed by atoms with Gasteiger partial charge in [-0.25, -0.2) is 0 Å². The molecule has 2 heterocycles. The van der Waals surface area contributed by atoms with Crippen LogP contribution in [0.5, 0.6) is 0 Å². The third-order valence-electron chi connectivity index (χ3n) is 2.54. The van der Waals surface area contributed by atoms with Crippen molar-refractivity contribution in [3.63, 3.8) is 0 Å². The van der Waals surface area contributed by atoms with Gasteiger partial charge in [0.25, 0.3) is 0 Å². The van der Waals surface area contributed by atoms with Gasteiger partial charge in [0.2, 0.25) is 0 Å². The summed E-state index contributed by atoms with van der Waals surface area (Å²) < 4.78 is 37.3. The van der Waals surface area contributed by atoms with Crippen molar-refractivity contribution in [2.75, 3.05) is 13.1 Å². The molecule has 0 aromatic carbocycles. The molecule has 0 saturated carbocycles. The Labute approximate surface area is 101 Å². The lowest BCUT2D eigenvalue weighted by Gasteiger charge is -2.15. The maximum atomic E-state index is 12.4. The lowest BCUT2D eigenvalue weighted by Crippen LogP contribution is -2.20. The summed E-state index contributed by atoms with van der Waals surface area (Å²) in [7, 11) is 0. The second kappa shape index (κ2) is 4.66. The molecule has 0 unspecified atom stereocenters. The van der Waals surface area contributed by atoms with Gasteiger partial charge in [-0.15, -0.1) is 0 Å². The van der Waals surface area contributed by atoms with Gasteiger partial charge in [-0.1, -0.05) is 17.7 Å². The lowest BCUT2D eigenvalue weighted by molar-refractivity contribution is -0.137. The first-order chi connectivity index (χ1) is 7.98. The highest BCUT2D eigenvalue weighted by atomic mass is 35.5. The average Bonchev–Trinajstić information content (AvgIpc) is 2.29. The van der Waals surface area contributed by atoms with Crippen LogP contribution < -0.4 is 5.32 Å². The Bertz CT molecular complexity index is 455. The van der Waals surface area contributed by atoms with Gasteiger partial charge in [0.15, 0.2) is 0 Å². The molecule has 1 N–H and O–H groups in total. The maximum Gasteiger partial charge on any atom is 0.417 e. The number of pyridine rings is 1. The van der Waals surface area contributed by atoms with Crippen LogP contribution in [0.1, 0.15) is 17.7 Å². The molecule has 17 heavy (non-hydrogen) atoms. The monoisotopic (exact) mass is 262 g/mol. The fourth-order valence-corrected chi connectivity index (χ4v) is 1.95. The molecule has 0 bridgehead atoms. The molecule has 0 fully saturated rings. The zero-order chi connectivity index (χ0) is 12.5. The van der Waals surface area contributed by atoms with Gasteiger partial charge in [0, 0.05) is 12.7 Å². The van der Waals surface area contributed by atoms with Gasteiger partial charge in [-0.05, 0) is 24.6 Å². The van der Waals surface area contributed by atoms with E-state index in [1.54, 1.807) is 0 Å². The minimum Gasteiger partial charge on any atom is -0.313 e. The fraction of sp³-hybridized carbons (Fsp3) is 0.364. The van der Waals surface area contributed by atoms with Crippen LogP contribution in [0.25, 0.3) is 5.57 Å². The van der Waals surface area contributed by atoms with Gasteiger partial charge >= 0.3 is 6.18 Å². The van der Waals surface area contributed by atoms with E-state index in [9.17, 15) is 13.2 Å². The van der Waals surface area contributed by atoms with Crippen LogP contribution in [0, 0.1) is 0 Å². The van der Waals surface area contributed by atoms with Crippen molar-refractivity contribution in [1.29, 1.82) is 0 Å². The first kappa shape index (κ1) is 12.4. The van der Waals surface area contributed by atoms with E-state index < -0.39 is 11.7 Å². The highest BCUT2D eigenvalue weighted by Gasteiger charge is 2.31. The number of hydrogen-bond donors (Lipinski definition) is 1. The second-order valence-corrected chi connectivity index (χ2v) is 4.14. The summed E-state index contributed by atoms with van der Waals surface area (Å²) in [6.45, 7) is 1.47. The van der Waals surface area contributed by atoms with Crippen LogP contribution >= 0.6 is 11.6 Å². The maximum absolute atomic E-state index is 12.4. The molecule has 0 radical (unpaired) electrons. The predicted octanol–water partition coefficient (Wildman–Crippen LogP) is 3.13. The minimum absolute atomic E-state index is 0.0491. The van der Waals surface area contributed by atoms with E-state index in [2.05, 4.69) is 10.3 Å². The smallest absolute Gasteiger partial charge is 0.313 e. The largest absolute Gasteiger partial charge is 0.417 e. The van der Waals surface area contributed by atoms with Gasteiger partial charge in [0.1, 0.15) is 0 Å². The summed E-state index contributed by atoms with van der Waals surface area (Å²) in [5, 5.41) is 3.16. The Morgan fingerprint density at radius 3 is 2.65 bits per heavy atom. The zero-order valence-corrected chi connectivity index (χ0v) is 9.57. The number of nitrogens with one attached hydrogen (secondary N) is 1. The number of nitrogens with zero attached hydrogens (tertiary/aromatic N) is 1. The molecule has 6 heteroatoms. The Hall–Kier alpha value is -1.07. The van der Waals surface area contributed by atoms with Gasteiger partial charge in [0.05, 0.1) is 16.3 Å². The normalized spacial score (nSPS) is 16.8. The molecule has 2 rings (SSSR count). The van der Waals surface area contributed by atoms with Crippen LogP contribution in [0.2, 0.25) is 5.02 Å². The summed E-state index contributed by atoms with van der Waals surface area (Å²) in [4.78, 5) is 3.82. The van der Waals surface area contributed by atoms with Crippen LogP contribution in [0.4, 0.5) is 13.2 Å². The van der Waals surface area contributed by atoms with Crippen LogP contribution in [0.3, 0.4) is 0 Å². The van der Waals surface area contributed by atoms with E-state index in [1.165, 1.54) is 0 Å². The van der Waals surface area contributed by atoms with E-state index in [1.807, 2.05) is 6.08 Å². The summed E-state index contributed by atoms with van der Waals surface area (Å²) in [5.74, 6) is 0. The minimum atomic E-state index is -4.41. The summed E-state index contributed by atoms with van der Waals surface area (Å²) in [5.41, 5.74) is 0.518. The van der Waals surface area contributed by atoms with E-state index in [0.29, 0.717) is 12.2 Å². The highest BCUT2D eigenvalue weighted by Crippen LogP contribution is 2.33. The fourth-order valence-electron chi connectivity index (χ4n) is 1.67. The van der Waals surface area contributed by atoms with E-state index in [0.717, 1.165) is 30.8 Å². The van der Waals surface area contributed by atoms with Crippen molar-refractivity contribution >= 4 is 17.2 Å². The Balaban J connectivity index is 2.35. The quantitative estimate of drug-likeness (QED) is 0.841. The summed E-state index contributed by atoms with van der Waals surface area (Å²) >= 11 is 5.85. The van der Waals surface area contributed by atoms with Crippen molar-refractivity contribution in [3.8, 4) is 0 Å². The van der Waals surface area contributed by atoms with Crippen LogP contribution in [-0.2, 0) is 6.18 Å². The zero-order valence-electron chi connectivity index (χ0n) is 8.81. The van der Waals surface area contributed by atoms with Crippen molar-refractivity contribution in [2.45, 2.75) is 12.6 Å². The molecule has 2 nitrogen and oxygen atoms in total. The standard InChI is InChI=1S/C11H10ClF3N2/c12-9-5-8(11(13,14)15)6-17-10(9)7-1-3-16-4-2-7/h1,5-6,16H,2-4H2. The Morgan fingerprint density at radius 2 is 2.12 bits per heavy atom. The molecule has 0 atom stereocenters. The van der Waals surface area contributed by atoms with Crippen molar-refractivity contribution in [1.82, 2.24) is 10.3 Å². The molecular weight excluding hydrogens is 253 g/mol. The third-order valence-corrected chi connectivity index (χ3v) is 2.82. The predicted molar refractivity (Wildman–Crippen MR) is 59.7 cm³/mol. The molecule has 0 spiro atoms. The van der Waals surface area contributed by atoms with Crippen LogP contribution in [0.15, 0.2) is 18.3 Å². The van der Waals surface area contributed by atoms with Gasteiger partial charge < -0.3 is 5.32 Å². The summed E-state index contributed by atoms with van der Waals surface area (Å²) in [6, 6.07) is 0.923.